The monoisotopic (exact) mass is 459 g/mol. The third-order valence-corrected chi connectivity index (χ3v) is 5.89. The third kappa shape index (κ3) is 5.04. The van der Waals surface area contributed by atoms with Crippen molar-refractivity contribution in [3.05, 3.63) is 12.7 Å². The van der Waals surface area contributed by atoms with Gasteiger partial charge in [-0.05, 0) is 0 Å². The lowest BCUT2D eigenvalue weighted by atomic mass is 10.1. The SMILES string of the molecule is Nc1ncnc2c1ncn2[C@@H]1O[C@H](COP(=O)([O-])CC(=O)[C@@H]([NH3+])CC(=O)[O-])[C@@H](O)[C@H]1O. The molecule has 7 N–H and O–H groups in total. The largest absolute Gasteiger partial charge is 0.778 e. The van der Waals surface area contributed by atoms with Gasteiger partial charge in [-0.3, -0.25) is 9.36 Å². The van der Waals surface area contributed by atoms with Gasteiger partial charge in [-0.1, -0.05) is 0 Å². The Balaban J connectivity index is 1.65. The summed E-state index contributed by atoms with van der Waals surface area (Å²) in [6.45, 7) is -0.700. The first kappa shape index (κ1) is 23.1. The van der Waals surface area contributed by atoms with E-state index in [-0.39, 0.29) is 17.0 Å². The lowest BCUT2D eigenvalue weighted by Gasteiger charge is -2.25. The summed E-state index contributed by atoms with van der Waals surface area (Å²) >= 11 is 0. The van der Waals surface area contributed by atoms with E-state index in [1.807, 2.05) is 0 Å². The molecule has 3 rings (SSSR count). The normalized spacial score (nSPS) is 26.6. The molecule has 0 spiro atoms. The van der Waals surface area contributed by atoms with Gasteiger partial charge in [0.25, 0.3) is 0 Å². The van der Waals surface area contributed by atoms with E-state index < -0.39 is 69.1 Å². The number of carboxylic acid groups (broad SMARTS) is 1. The number of ether oxygens (including phenoxy) is 1. The second-order valence-electron chi connectivity index (χ2n) is 6.93. The number of nitrogens with zero attached hydrogens (tertiary/aromatic N) is 4. The Morgan fingerprint density at radius 3 is 2.74 bits per heavy atom. The fourth-order valence-electron chi connectivity index (χ4n) is 3.02. The summed E-state index contributed by atoms with van der Waals surface area (Å²) in [5.74, 6) is -2.41. The highest BCUT2D eigenvalue weighted by molar-refractivity contribution is 7.52. The van der Waals surface area contributed by atoms with Gasteiger partial charge < -0.3 is 50.3 Å². The number of anilines is 1. The maximum absolute atomic E-state index is 12.0. The second kappa shape index (κ2) is 8.92. The summed E-state index contributed by atoms with van der Waals surface area (Å²) < 4.78 is 23.6. The van der Waals surface area contributed by atoms with Gasteiger partial charge in [0.15, 0.2) is 23.5 Å². The van der Waals surface area contributed by atoms with Crippen LogP contribution >= 0.6 is 7.60 Å². The van der Waals surface area contributed by atoms with Crippen LogP contribution in [0.1, 0.15) is 12.6 Å². The average Bonchev–Trinajstić information content (AvgIpc) is 3.22. The van der Waals surface area contributed by atoms with E-state index in [2.05, 4.69) is 20.7 Å². The topological polar surface area (TPSA) is 254 Å². The van der Waals surface area contributed by atoms with Crippen LogP contribution in [0.15, 0.2) is 12.7 Å². The average molecular weight is 459 g/mol. The molecule has 0 aliphatic carbocycles. The van der Waals surface area contributed by atoms with Crippen molar-refractivity contribution < 1.29 is 49.4 Å². The molecule has 31 heavy (non-hydrogen) atoms. The summed E-state index contributed by atoms with van der Waals surface area (Å²) in [5.41, 5.74) is 9.45. The number of aromatic nitrogens is 4. The molecule has 170 valence electrons. The zero-order valence-electron chi connectivity index (χ0n) is 15.9. The number of carboxylic acids is 1. The molecule has 2 aromatic heterocycles. The first-order valence-corrected chi connectivity index (χ1v) is 10.7. The van der Waals surface area contributed by atoms with Gasteiger partial charge in [-0.15, -0.1) is 0 Å². The Bertz CT molecular complexity index is 1030. The lowest BCUT2D eigenvalue weighted by molar-refractivity contribution is -0.408. The first-order chi connectivity index (χ1) is 14.5. The van der Waals surface area contributed by atoms with Crippen LogP contribution in [0.25, 0.3) is 11.2 Å². The fourth-order valence-corrected chi connectivity index (χ4v) is 4.13. The summed E-state index contributed by atoms with van der Waals surface area (Å²) in [5, 5.41) is 31.1. The number of carbonyl (C=O) groups excluding carboxylic acids is 2. The molecule has 0 radical (unpaired) electrons. The van der Waals surface area contributed by atoms with Crippen LogP contribution in [0.3, 0.4) is 0 Å². The molecule has 16 heteroatoms. The van der Waals surface area contributed by atoms with E-state index in [9.17, 15) is 34.4 Å². The van der Waals surface area contributed by atoms with Gasteiger partial charge in [0.1, 0.15) is 43.8 Å². The number of imidazole rings is 1. The molecule has 1 aliphatic rings. The van der Waals surface area contributed by atoms with E-state index in [1.54, 1.807) is 0 Å². The Labute approximate surface area is 174 Å². The molecule has 6 atom stereocenters. The van der Waals surface area contributed by atoms with Gasteiger partial charge in [0.2, 0.25) is 0 Å². The number of Topliss-reactive ketones (excluding diaryl/α,β-unsaturated/α-hetero) is 1. The number of quaternary nitrogens is 1. The smallest absolute Gasteiger partial charge is 0.198 e. The van der Waals surface area contributed by atoms with Crippen LogP contribution in [-0.2, 0) is 23.4 Å². The first-order valence-electron chi connectivity index (χ1n) is 8.95. The van der Waals surface area contributed by atoms with Crippen molar-refractivity contribution in [1.82, 2.24) is 19.5 Å². The molecule has 1 aliphatic heterocycles. The molecule has 0 amide bonds. The lowest BCUT2D eigenvalue weighted by Crippen LogP contribution is -2.67. The zero-order chi connectivity index (χ0) is 22.9. The Kier molecular flexibility index (Phi) is 6.66. The quantitative estimate of drug-likeness (QED) is 0.256. The van der Waals surface area contributed by atoms with Crippen molar-refractivity contribution in [3.8, 4) is 0 Å². The van der Waals surface area contributed by atoms with Crippen LogP contribution in [0, 0.1) is 0 Å². The van der Waals surface area contributed by atoms with Gasteiger partial charge in [-0.25, -0.2) is 15.0 Å². The summed E-state index contributed by atoms with van der Waals surface area (Å²) in [7, 11) is -4.75. The van der Waals surface area contributed by atoms with Gasteiger partial charge in [-0.2, -0.15) is 0 Å². The number of nitrogens with two attached hydrogens (primary N) is 1. The number of aliphatic hydroxyl groups is 2. The minimum absolute atomic E-state index is 0.0935. The molecule has 3 heterocycles. The summed E-state index contributed by atoms with van der Waals surface area (Å²) in [4.78, 5) is 46.2. The van der Waals surface area contributed by atoms with Crippen molar-refractivity contribution >= 4 is 36.3 Å². The van der Waals surface area contributed by atoms with Crippen LogP contribution < -0.4 is 21.5 Å². The van der Waals surface area contributed by atoms with Crippen molar-refractivity contribution in [2.45, 2.75) is 37.0 Å². The number of carbonyl (C=O) groups is 2. The minimum Gasteiger partial charge on any atom is -0.778 e. The van der Waals surface area contributed by atoms with E-state index in [4.69, 9.17) is 15.0 Å². The van der Waals surface area contributed by atoms with Gasteiger partial charge in [0, 0.05) is 12.4 Å². The summed E-state index contributed by atoms with van der Waals surface area (Å²) in [6, 6.07) is -1.32. The number of hydrogen-bond donors (Lipinski definition) is 4. The Hall–Kier alpha value is -2.52. The number of nitrogen functional groups attached to an aromatic ring is 1. The standard InChI is InChI=1S/C15H21N6O9P/c16-6(1-9(23)24)7(22)3-31(27,28)29-2-8-11(25)12(26)15(30-8)21-5-20-10-13(17)18-4-19-14(10)21/h4-6,8,11-12,15,25-26H,1-3,16H2,(H,23,24)(H,27,28)(H2,17,18,19)/p-1/t6-,8+,11+,12+,15+/m0/s1. The molecular formula is C15H20N6O9P-. The highest BCUT2D eigenvalue weighted by Gasteiger charge is 2.45. The van der Waals surface area contributed by atoms with E-state index in [1.165, 1.54) is 17.2 Å². The maximum Gasteiger partial charge on any atom is 0.198 e. The van der Waals surface area contributed by atoms with Crippen molar-refractivity contribution in [2.75, 3.05) is 18.5 Å². The van der Waals surface area contributed by atoms with Gasteiger partial charge >= 0.3 is 0 Å². The number of aliphatic hydroxyl groups excluding tert-OH is 2. The number of hydrogen-bond acceptors (Lipinski definition) is 13. The van der Waals surface area contributed by atoms with Crippen LogP contribution in [0.2, 0.25) is 0 Å². The summed E-state index contributed by atoms with van der Waals surface area (Å²) in [6.07, 6.45) is -4.85. The fraction of sp³-hybridized carbons (Fsp3) is 0.533. The zero-order valence-corrected chi connectivity index (χ0v) is 16.8. The molecule has 2 aromatic rings. The van der Waals surface area contributed by atoms with Crippen LogP contribution in [-0.4, -0.2) is 78.6 Å². The molecule has 1 unspecified atom stereocenters. The van der Waals surface area contributed by atoms with Crippen molar-refractivity contribution in [1.29, 1.82) is 0 Å². The van der Waals surface area contributed by atoms with E-state index >= 15 is 0 Å². The molecule has 0 aromatic carbocycles. The second-order valence-corrected chi connectivity index (χ2v) is 8.73. The maximum atomic E-state index is 12.0. The number of ketones is 1. The van der Waals surface area contributed by atoms with E-state index in [0.29, 0.717) is 0 Å². The Morgan fingerprint density at radius 1 is 1.35 bits per heavy atom. The van der Waals surface area contributed by atoms with Crippen molar-refractivity contribution in [3.63, 3.8) is 0 Å². The minimum atomic E-state index is -4.75. The number of aliphatic carboxylic acids is 1. The predicted octanol–water partition coefficient (Wildman–Crippen LogP) is -5.08. The molecule has 0 bridgehead atoms. The van der Waals surface area contributed by atoms with Crippen LogP contribution in [0.4, 0.5) is 5.82 Å². The van der Waals surface area contributed by atoms with Crippen molar-refractivity contribution in [2.24, 2.45) is 0 Å². The molecule has 1 fully saturated rings. The van der Waals surface area contributed by atoms with E-state index in [0.717, 1.165) is 0 Å². The van der Waals surface area contributed by atoms with Gasteiger partial charge in [0.05, 0.1) is 19.1 Å². The predicted molar refractivity (Wildman–Crippen MR) is 95.4 cm³/mol. The highest BCUT2D eigenvalue weighted by Crippen LogP contribution is 2.39. The number of fused-ring (bicyclic) bond motifs is 1. The highest BCUT2D eigenvalue weighted by atomic mass is 31.2. The Morgan fingerprint density at radius 2 is 2.06 bits per heavy atom. The van der Waals surface area contributed by atoms with Crippen LogP contribution in [0.5, 0.6) is 0 Å². The third-order valence-electron chi connectivity index (χ3n) is 4.65. The molecule has 1 saturated heterocycles. The number of rotatable bonds is 9. The molecular weight excluding hydrogens is 439 g/mol. The molecule has 0 saturated carbocycles. The molecule has 15 nitrogen and oxygen atoms in total.